The van der Waals surface area contributed by atoms with Crippen LogP contribution in [0.4, 0.5) is 13.2 Å². The van der Waals surface area contributed by atoms with E-state index in [9.17, 15) is 21.6 Å². The summed E-state index contributed by atoms with van der Waals surface area (Å²) in [5.41, 5.74) is -2.91. The smallest absolute Gasteiger partial charge is 0.375 e. The van der Waals surface area contributed by atoms with Gasteiger partial charge in [0, 0.05) is 16.1 Å². The molecular weight excluding hydrogens is 426 g/mol. The van der Waals surface area contributed by atoms with Crippen molar-refractivity contribution in [3.8, 4) is 16.9 Å². The van der Waals surface area contributed by atoms with Crippen LogP contribution >= 0.6 is 24.0 Å². The molecule has 0 aromatic heterocycles. The van der Waals surface area contributed by atoms with Crippen LogP contribution in [-0.4, -0.2) is 27.0 Å². The van der Waals surface area contributed by atoms with E-state index in [0.29, 0.717) is 23.6 Å². The number of nitrogens with one attached hydrogen (secondary N) is 1. The predicted molar refractivity (Wildman–Crippen MR) is 100 cm³/mol. The normalized spacial score (nSPS) is 14.7. The first-order valence-electron chi connectivity index (χ1n) is 7.82. The van der Waals surface area contributed by atoms with Crippen LogP contribution in [0, 0.1) is 0 Å². The van der Waals surface area contributed by atoms with Gasteiger partial charge in [0.25, 0.3) is 0 Å². The van der Waals surface area contributed by atoms with Gasteiger partial charge in [-0.05, 0) is 49.2 Å². The molecule has 0 fully saturated rings. The standard InChI is InChI=1S/C17H15ClF3NO3S.ClH/c18-14-6-5-11-7-9-22-10-8-12(11)16(14)13-3-1-2-4-15(13)25-26(23,24)17(19,20)21;/h1-6,22H,7-10H2;1H. The van der Waals surface area contributed by atoms with Crippen molar-refractivity contribution in [2.24, 2.45) is 0 Å². The van der Waals surface area contributed by atoms with Crippen LogP contribution in [0.25, 0.3) is 11.1 Å². The van der Waals surface area contributed by atoms with E-state index in [-0.39, 0.29) is 18.0 Å². The first-order valence-corrected chi connectivity index (χ1v) is 9.60. The van der Waals surface area contributed by atoms with Crippen molar-refractivity contribution < 1.29 is 25.8 Å². The molecule has 0 amide bonds. The Morgan fingerprint density at radius 3 is 2.41 bits per heavy atom. The fourth-order valence-electron chi connectivity index (χ4n) is 2.95. The summed E-state index contributed by atoms with van der Waals surface area (Å²) in [5, 5.41) is 3.57. The van der Waals surface area contributed by atoms with Gasteiger partial charge in [-0.1, -0.05) is 35.9 Å². The number of rotatable bonds is 3. The van der Waals surface area contributed by atoms with Crippen LogP contribution in [0.3, 0.4) is 0 Å². The molecule has 2 aromatic carbocycles. The van der Waals surface area contributed by atoms with Crippen LogP contribution in [-0.2, 0) is 23.0 Å². The van der Waals surface area contributed by atoms with Gasteiger partial charge in [-0.25, -0.2) is 0 Å². The third-order valence-electron chi connectivity index (χ3n) is 4.12. The molecule has 27 heavy (non-hydrogen) atoms. The Morgan fingerprint density at radius 1 is 1.04 bits per heavy atom. The zero-order valence-corrected chi connectivity index (χ0v) is 16.2. The lowest BCUT2D eigenvalue weighted by Crippen LogP contribution is -2.28. The SMILES string of the molecule is Cl.O=S(=O)(Oc1ccccc1-c1c(Cl)ccc2c1CCNCC2)C(F)(F)F. The molecule has 4 nitrogen and oxygen atoms in total. The molecule has 0 atom stereocenters. The zero-order valence-electron chi connectivity index (χ0n) is 13.8. The third-order valence-corrected chi connectivity index (χ3v) is 5.40. The first kappa shape index (κ1) is 21.8. The zero-order chi connectivity index (χ0) is 18.9. The molecule has 0 unspecified atom stereocenters. The Labute approximate surface area is 166 Å². The van der Waals surface area contributed by atoms with E-state index in [4.69, 9.17) is 11.6 Å². The highest BCUT2D eigenvalue weighted by atomic mass is 35.5. The van der Waals surface area contributed by atoms with Crippen molar-refractivity contribution in [1.82, 2.24) is 5.32 Å². The number of para-hydroxylation sites is 1. The molecule has 2 aromatic rings. The third kappa shape index (κ3) is 4.51. The maximum atomic E-state index is 12.7. The van der Waals surface area contributed by atoms with Gasteiger partial charge >= 0.3 is 15.6 Å². The summed E-state index contributed by atoms with van der Waals surface area (Å²) in [4.78, 5) is 0. The lowest BCUT2D eigenvalue weighted by atomic mass is 9.92. The average molecular weight is 442 g/mol. The molecule has 0 saturated carbocycles. The predicted octanol–water partition coefficient (Wildman–Crippen LogP) is 4.35. The van der Waals surface area contributed by atoms with Gasteiger partial charge < -0.3 is 9.50 Å². The van der Waals surface area contributed by atoms with Gasteiger partial charge in [0.2, 0.25) is 0 Å². The number of fused-ring (bicyclic) bond motifs is 1. The van der Waals surface area contributed by atoms with Crippen LogP contribution in [0.1, 0.15) is 11.1 Å². The van der Waals surface area contributed by atoms with Crippen molar-refractivity contribution in [2.45, 2.75) is 18.3 Å². The Morgan fingerprint density at radius 2 is 1.70 bits per heavy atom. The molecule has 0 radical (unpaired) electrons. The highest BCUT2D eigenvalue weighted by Gasteiger charge is 2.48. The maximum absolute atomic E-state index is 12.7. The summed E-state index contributed by atoms with van der Waals surface area (Å²) in [6.45, 7) is 1.46. The lowest BCUT2D eigenvalue weighted by Gasteiger charge is -2.18. The lowest BCUT2D eigenvalue weighted by molar-refractivity contribution is -0.0499. The second-order valence-electron chi connectivity index (χ2n) is 5.79. The Kier molecular flexibility index (Phi) is 6.68. The quantitative estimate of drug-likeness (QED) is 0.568. The van der Waals surface area contributed by atoms with Crippen LogP contribution in [0.2, 0.25) is 5.02 Å². The highest BCUT2D eigenvalue weighted by Crippen LogP contribution is 2.41. The average Bonchev–Trinajstić information content (AvgIpc) is 2.80. The Bertz CT molecular complexity index is 934. The fourth-order valence-corrected chi connectivity index (χ4v) is 3.70. The summed E-state index contributed by atoms with van der Waals surface area (Å²) >= 11 is 6.33. The van der Waals surface area contributed by atoms with E-state index < -0.39 is 21.4 Å². The van der Waals surface area contributed by atoms with Crippen LogP contribution < -0.4 is 9.50 Å². The van der Waals surface area contributed by atoms with Crippen LogP contribution in [0.5, 0.6) is 5.75 Å². The summed E-state index contributed by atoms with van der Waals surface area (Å²) in [7, 11) is -5.78. The van der Waals surface area contributed by atoms with Gasteiger partial charge in [0.1, 0.15) is 0 Å². The second-order valence-corrected chi connectivity index (χ2v) is 7.73. The summed E-state index contributed by atoms with van der Waals surface area (Å²) in [6, 6.07) is 9.22. The highest BCUT2D eigenvalue weighted by molar-refractivity contribution is 7.88. The molecule has 1 aliphatic rings. The molecule has 1 heterocycles. The molecule has 0 spiro atoms. The topological polar surface area (TPSA) is 55.4 Å². The minimum Gasteiger partial charge on any atom is -0.375 e. The molecule has 0 aliphatic carbocycles. The first-order chi connectivity index (χ1) is 12.2. The summed E-state index contributed by atoms with van der Waals surface area (Å²) in [6.07, 6.45) is 1.36. The van der Waals surface area contributed by atoms with Gasteiger partial charge in [0.05, 0.1) is 0 Å². The van der Waals surface area contributed by atoms with Gasteiger partial charge in [-0.2, -0.15) is 21.6 Å². The van der Waals surface area contributed by atoms with Gasteiger partial charge in [0.15, 0.2) is 5.75 Å². The molecule has 0 saturated heterocycles. The van der Waals surface area contributed by atoms with Gasteiger partial charge in [-0.3, -0.25) is 0 Å². The molecule has 3 rings (SSSR count). The Hall–Kier alpha value is -1.48. The van der Waals surface area contributed by atoms with Crippen molar-refractivity contribution >= 4 is 34.1 Å². The monoisotopic (exact) mass is 441 g/mol. The van der Waals surface area contributed by atoms with Crippen molar-refractivity contribution in [1.29, 1.82) is 0 Å². The van der Waals surface area contributed by atoms with Crippen molar-refractivity contribution in [2.75, 3.05) is 13.1 Å². The maximum Gasteiger partial charge on any atom is 0.534 e. The number of halogens is 5. The number of hydrogen-bond acceptors (Lipinski definition) is 4. The number of hydrogen-bond donors (Lipinski definition) is 1. The second kappa shape index (κ2) is 8.26. The number of benzene rings is 2. The molecule has 10 heteroatoms. The molecular formula is C17H16Cl2F3NO3S. The minimum absolute atomic E-state index is 0. The van der Waals surface area contributed by atoms with E-state index in [1.807, 2.05) is 6.07 Å². The van der Waals surface area contributed by atoms with E-state index in [0.717, 1.165) is 24.1 Å². The van der Waals surface area contributed by atoms with E-state index in [2.05, 4.69) is 9.50 Å². The number of alkyl halides is 3. The Balaban J connectivity index is 0.00000261. The van der Waals surface area contributed by atoms with E-state index in [1.54, 1.807) is 12.1 Å². The molecule has 0 bridgehead atoms. The van der Waals surface area contributed by atoms with E-state index >= 15 is 0 Å². The molecule has 1 aliphatic heterocycles. The molecule has 148 valence electrons. The van der Waals surface area contributed by atoms with E-state index in [1.165, 1.54) is 18.2 Å². The van der Waals surface area contributed by atoms with Crippen LogP contribution in [0.15, 0.2) is 36.4 Å². The van der Waals surface area contributed by atoms with Crippen molar-refractivity contribution in [3.63, 3.8) is 0 Å². The fraction of sp³-hybridized carbons (Fsp3) is 0.294. The minimum atomic E-state index is -5.78. The molecule has 1 N–H and O–H groups in total. The van der Waals surface area contributed by atoms with Gasteiger partial charge in [-0.15, -0.1) is 12.4 Å². The largest absolute Gasteiger partial charge is 0.534 e. The summed E-state index contributed by atoms with van der Waals surface area (Å²) < 4.78 is 65.4. The summed E-state index contributed by atoms with van der Waals surface area (Å²) in [5.74, 6) is -0.405. The van der Waals surface area contributed by atoms with Crippen molar-refractivity contribution in [3.05, 3.63) is 52.5 Å².